The summed E-state index contributed by atoms with van der Waals surface area (Å²) in [6, 6.07) is 14.3. The molecule has 0 amide bonds. The zero-order valence-corrected chi connectivity index (χ0v) is 16.5. The molecule has 1 saturated heterocycles. The van der Waals surface area contributed by atoms with Gasteiger partial charge in [0, 0.05) is 23.2 Å². The van der Waals surface area contributed by atoms with Crippen LogP contribution in [-0.2, 0) is 6.54 Å². The first kappa shape index (κ1) is 18.5. The molecule has 0 aliphatic carbocycles. The molecule has 1 aliphatic rings. The number of hydrogen-bond donors (Lipinski definition) is 0. The molecular weight excluding hydrogens is 354 g/mol. The first-order chi connectivity index (χ1) is 13.7. The van der Waals surface area contributed by atoms with Crippen molar-refractivity contribution in [2.45, 2.75) is 32.4 Å². The molecule has 0 saturated carbocycles. The molecule has 2 heterocycles. The van der Waals surface area contributed by atoms with Gasteiger partial charge in [-0.25, -0.2) is 0 Å². The van der Waals surface area contributed by atoms with E-state index in [2.05, 4.69) is 34.1 Å². The average molecular weight is 379 g/mol. The molecule has 28 heavy (non-hydrogen) atoms. The van der Waals surface area contributed by atoms with Crippen LogP contribution in [0.5, 0.6) is 11.5 Å². The average Bonchev–Trinajstić information content (AvgIpc) is 3.38. The SMILES string of the molecule is COc1ccc(C2CCCN2Cc2nc(-c3ccccc3C)no2)c(OC)c1. The number of aryl methyl sites for hydroxylation is 1. The Morgan fingerprint density at radius 1 is 1.14 bits per heavy atom. The highest BCUT2D eigenvalue weighted by Gasteiger charge is 2.30. The van der Waals surface area contributed by atoms with Crippen LogP contribution < -0.4 is 9.47 Å². The number of rotatable bonds is 6. The lowest BCUT2D eigenvalue weighted by atomic mass is 10.0. The third kappa shape index (κ3) is 3.60. The lowest BCUT2D eigenvalue weighted by molar-refractivity contribution is 0.209. The second kappa shape index (κ2) is 8.02. The van der Waals surface area contributed by atoms with Crippen molar-refractivity contribution in [1.82, 2.24) is 15.0 Å². The van der Waals surface area contributed by atoms with Crippen molar-refractivity contribution in [3.05, 3.63) is 59.5 Å². The smallest absolute Gasteiger partial charge is 0.241 e. The van der Waals surface area contributed by atoms with E-state index in [9.17, 15) is 0 Å². The predicted octanol–water partition coefficient (Wildman–Crippen LogP) is 4.40. The lowest BCUT2D eigenvalue weighted by Gasteiger charge is -2.25. The van der Waals surface area contributed by atoms with Crippen molar-refractivity contribution >= 4 is 0 Å². The minimum absolute atomic E-state index is 0.259. The Bertz CT molecular complexity index is 954. The normalized spacial score (nSPS) is 17.0. The standard InChI is InChI=1S/C22H25N3O3/c1-15-7-4-5-8-17(15)22-23-21(28-24-22)14-25-12-6-9-19(25)18-11-10-16(26-2)13-20(18)27-3/h4-5,7-8,10-11,13,19H,6,9,12,14H2,1-3H3. The first-order valence-electron chi connectivity index (χ1n) is 9.54. The molecule has 0 N–H and O–H groups in total. The molecule has 4 rings (SSSR count). The first-order valence-corrected chi connectivity index (χ1v) is 9.54. The van der Waals surface area contributed by atoms with Gasteiger partial charge in [0.1, 0.15) is 11.5 Å². The van der Waals surface area contributed by atoms with Crippen molar-refractivity contribution < 1.29 is 14.0 Å². The summed E-state index contributed by atoms with van der Waals surface area (Å²) in [5.74, 6) is 2.93. The van der Waals surface area contributed by atoms with Crippen molar-refractivity contribution in [2.75, 3.05) is 20.8 Å². The minimum Gasteiger partial charge on any atom is -0.497 e. The molecule has 1 fully saturated rings. The van der Waals surface area contributed by atoms with E-state index in [1.54, 1.807) is 14.2 Å². The lowest BCUT2D eigenvalue weighted by Crippen LogP contribution is -2.23. The predicted molar refractivity (Wildman–Crippen MR) is 106 cm³/mol. The van der Waals surface area contributed by atoms with Crippen LogP contribution in [0.3, 0.4) is 0 Å². The highest BCUT2D eigenvalue weighted by atomic mass is 16.5. The minimum atomic E-state index is 0.259. The van der Waals surface area contributed by atoms with E-state index < -0.39 is 0 Å². The van der Waals surface area contributed by atoms with E-state index in [1.165, 1.54) is 5.56 Å². The largest absolute Gasteiger partial charge is 0.497 e. The van der Waals surface area contributed by atoms with Gasteiger partial charge >= 0.3 is 0 Å². The van der Waals surface area contributed by atoms with E-state index in [-0.39, 0.29) is 6.04 Å². The summed E-state index contributed by atoms with van der Waals surface area (Å²) in [4.78, 5) is 7.01. The molecule has 0 spiro atoms. The van der Waals surface area contributed by atoms with Crippen molar-refractivity contribution in [3.63, 3.8) is 0 Å². The fraction of sp³-hybridized carbons (Fsp3) is 0.364. The molecule has 146 valence electrons. The number of likely N-dealkylation sites (tertiary alicyclic amines) is 1. The summed E-state index contributed by atoms with van der Waals surface area (Å²) in [5, 5.41) is 4.19. The summed E-state index contributed by atoms with van der Waals surface area (Å²) in [6.07, 6.45) is 2.19. The Kier molecular flexibility index (Phi) is 5.30. The van der Waals surface area contributed by atoms with Crippen LogP contribution in [0.2, 0.25) is 0 Å². The van der Waals surface area contributed by atoms with Gasteiger partial charge in [0.2, 0.25) is 11.7 Å². The number of hydrogen-bond acceptors (Lipinski definition) is 6. The van der Waals surface area contributed by atoms with Gasteiger partial charge in [-0.05, 0) is 37.9 Å². The molecule has 1 aromatic heterocycles. The fourth-order valence-electron chi connectivity index (χ4n) is 3.89. The van der Waals surface area contributed by atoms with Crippen LogP contribution in [0.1, 0.15) is 35.9 Å². The van der Waals surface area contributed by atoms with E-state index in [1.807, 2.05) is 30.3 Å². The van der Waals surface area contributed by atoms with Crippen LogP contribution in [0.4, 0.5) is 0 Å². The van der Waals surface area contributed by atoms with Gasteiger partial charge in [-0.2, -0.15) is 4.98 Å². The number of benzene rings is 2. The molecule has 0 bridgehead atoms. The van der Waals surface area contributed by atoms with Crippen LogP contribution in [0.15, 0.2) is 47.0 Å². The molecule has 2 aromatic carbocycles. The van der Waals surface area contributed by atoms with Crippen molar-refractivity contribution in [2.24, 2.45) is 0 Å². The van der Waals surface area contributed by atoms with Gasteiger partial charge in [0.15, 0.2) is 0 Å². The maximum absolute atomic E-state index is 5.62. The Labute approximate surface area is 165 Å². The monoisotopic (exact) mass is 379 g/mol. The Balaban J connectivity index is 1.55. The van der Waals surface area contributed by atoms with Gasteiger partial charge < -0.3 is 14.0 Å². The molecule has 1 atom stereocenters. The van der Waals surface area contributed by atoms with Gasteiger partial charge in [-0.15, -0.1) is 0 Å². The maximum atomic E-state index is 5.62. The Morgan fingerprint density at radius 2 is 2.00 bits per heavy atom. The maximum Gasteiger partial charge on any atom is 0.241 e. The molecular formula is C22H25N3O3. The summed E-state index contributed by atoms with van der Waals surface area (Å²) in [7, 11) is 3.36. The van der Waals surface area contributed by atoms with Crippen LogP contribution in [0, 0.1) is 6.92 Å². The summed E-state index contributed by atoms with van der Waals surface area (Å²) < 4.78 is 16.5. The van der Waals surface area contributed by atoms with Crippen molar-refractivity contribution in [3.8, 4) is 22.9 Å². The quantitative estimate of drug-likeness (QED) is 0.633. The highest BCUT2D eigenvalue weighted by Crippen LogP contribution is 2.39. The zero-order chi connectivity index (χ0) is 19.5. The number of nitrogens with zero attached hydrogens (tertiary/aromatic N) is 3. The second-order valence-electron chi connectivity index (χ2n) is 7.06. The van der Waals surface area contributed by atoms with Crippen LogP contribution >= 0.6 is 0 Å². The third-order valence-corrected chi connectivity index (χ3v) is 5.36. The van der Waals surface area contributed by atoms with Crippen LogP contribution in [0.25, 0.3) is 11.4 Å². The molecule has 6 nitrogen and oxygen atoms in total. The Hall–Kier alpha value is -2.86. The van der Waals surface area contributed by atoms with Gasteiger partial charge in [-0.3, -0.25) is 4.90 Å². The van der Waals surface area contributed by atoms with Gasteiger partial charge in [0.25, 0.3) is 0 Å². The Morgan fingerprint density at radius 3 is 2.79 bits per heavy atom. The van der Waals surface area contributed by atoms with E-state index in [0.29, 0.717) is 18.3 Å². The summed E-state index contributed by atoms with van der Waals surface area (Å²) in [6.45, 7) is 3.67. The van der Waals surface area contributed by atoms with Crippen molar-refractivity contribution in [1.29, 1.82) is 0 Å². The van der Waals surface area contributed by atoms with Crippen LogP contribution in [-0.4, -0.2) is 35.8 Å². The van der Waals surface area contributed by atoms with Gasteiger partial charge in [0.05, 0.1) is 20.8 Å². The molecule has 0 radical (unpaired) electrons. The zero-order valence-electron chi connectivity index (χ0n) is 16.5. The number of methoxy groups -OCH3 is 2. The highest BCUT2D eigenvalue weighted by molar-refractivity contribution is 5.58. The summed E-state index contributed by atoms with van der Waals surface area (Å²) >= 11 is 0. The summed E-state index contributed by atoms with van der Waals surface area (Å²) in [5.41, 5.74) is 3.31. The topological polar surface area (TPSA) is 60.6 Å². The van der Waals surface area contributed by atoms with E-state index in [4.69, 9.17) is 14.0 Å². The third-order valence-electron chi connectivity index (χ3n) is 5.36. The molecule has 3 aromatic rings. The van der Waals surface area contributed by atoms with Gasteiger partial charge in [-0.1, -0.05) is 35.5 Å². The van der Waals surface area contributed by atoms with E-state index >= 15 is 0 Å². The molecule has 1 aliphatic heterocycles. The molecule has 1 unspecified atom stereocenters. The second-order valence-corrected chi connectivity index (χ2v) is 7.06. The molecule has 6 heteroatoms. The number of ether oxygens (including phenoxy) is 2. The van der Waals surface area contributed by atoms with E-state index in [0.717, 1.165) is 42.0 Å². The fourth-order valence-corrected chi connectivity index (χ4v) is 3.89. The number of aromatic nitrogens is 2.